The standard InChI is InChI=1S/C20H19F3N2O2S/c21-20(22,23)14-5-3-13(4-6-14)12-25-16-7-9-28-18(16)10-17(25)19(26)24-11-15-2-1-8-27-15/h3-7,9-10,15H,1-2,8,11-12H2,(H,24,26). The molecule has 1 aliphatic rings. The molecule has 2 aromatic heterocycles. The van der Waals surface area contributed by atoms with Gasteiger partial charge in [-0.25, -0.2) is 0 Å². The molecule has 1 atom stereocenters. The lowest BCUT2D eigenvalue weighted by atomic mass is 10.1. The van der Waals surface area contributed by atoms with Gasteiger partial charge in [-0.1, -0.05) is 12.1 Å². The number of fused-ring (bicyclic) bond motifs is 1. The lowest BCUT2D eigenvalue weighted by molar-refractivity contribution is -0.137. The first-order chi connectivity index (χ1) is 13.4. The van der Waals surface area contributed by atoms with Crippen molar-refractivity contribution in [3.05, 3.63) is 58.6 Å². The Morgan fingerprint density at radius 2 is 2.04 bits per heavy atom. The van der Waals surface area contributed by atoms with E-state index in [1.165, 1.54) is 23.5 Å². The van der Waals surface area contributed by atoms with E-state index in [0.717, 1.165) is 41.8 Å². The smallest absolute Gasteiger partial charge is 0.376 e. The average molecular weight is 408 g/mol. The Hall–Kier alpha value is -2.32. The zero-order chi connectivity index (χ0) is 19.7. The number of hydrogen-bond acceptors (Lipinski definition) is 3. The highest BCUT2D eigenvalue weighted by Gasteiger charge is 2.30. The minimum absolute atomic E-state index is 0.0448. The normalized spacial score (nSPS) is 17.3. The monoisotopic (exact) mass is 408 g/mol. The third-order valence-corrected chi connectivity index (χ3v) is 5.74. The van der Waals surface area contributed by atoms with Gasteiger partial charge in [0.15, 0.2) is 0 Å². The number of nitrogens with one attached hydrogen (secondary N) is 1. The maximum Gasteiger partial charge on any atom is 0.416 e. The minimum Gasteiger partial charge on any atom is -0.376 e. The topological polar surface area (TPSA) is 43.3 Å². The molecule has 1 N–H and O–H groups in total. The van der Waals surface area contributed by atoms with Gasteiger partial charge in [-0.15, -0.1) is 11.3 Å². The molecule has 8 heteroatoms. The Bertz CT molecular complexity index is 970. The van der Waals surface area contributed by atoms with Gasteiger partial charge in [-0.2, -0.15) is 13.2 Å². The van der Waals surface area contributed by atoms with E-state index >= 15 is 0 Å². The molecule has 1 fully saturated rings. The van der Waals surface area contributed by atoms with Crippen molar-refractivity contribution in [1.82, 2.24) is 9.88 Å². The lowest BCUT2D eigenvalue weighted by Crippen LogP contribution is -2.33. The highest BCUT2D eigenvalue weighted by atomic mass is 32.1. The van der Waals surface area contributed by atoms with Crippen molar-refractivity contribution in [2.45, 2.75) is 31.7 Å². The summed E-state index contributed by atoms with van der Waals surface area (Å²) >= 11 is 1.53. The second-order valence-electron chi connectivity index (χ2n) is 6.83. The number of alkyl halides is 3. The number of thiophene rings is 1. The minimum atomic E-state index is -4.36. The predicted octanol–water partition coefficient (Wildman–Crippen LogP) is 4.68. The number of carbonyl (C=O) groups excluding carboxylic acids is 1. The first-order valence-electron chi connectivity index (χ1n) is 9.04. The molecule has 3 aromatic rings. The predicted molar refractivity (Wildman–Crippen MR) is 102 cm³/mol. The Morgan fingerprint density at radius 3 is 2.71 bits per heavy atom. The maximum absolute atomic E-state index is 12.8. The molecule has 28 heavy (non-hydrogen) atoms. The summed E-state index contributed by atoms with van der Waals surface area (Å²) in [6, 6.07) is 8.79. The van der Waals surface area contributed by atoms with Crippen LogP contribution in [0.4, 0.5) is 13.2 Å². The molecule has 0 bridgehead atoms. The summed E-state index contributed by atoms with van der Waals surface area (Å²) < 4.78 is 46.7. The second kappa shape index (κ2) is 7.60. The molecule has 148 valence electrons. The van der Waals surface area contributed by atoms with Crippen molar-refractivity contribution in [3.63, 3.8) is 0 Å². The summed E-state index contributed by atoms with van der Waals surface area (Å²) in [6.07, 6.45) is -2.38. The number of ether oxygens (including phenoxy) is 1. The number of benzene rings is 1. The molecule has 1 saturated heterocycles. The fraction of sp³-hybridized carbons (Fsp3) is 0.350. The second-order valence-corrected chi connectivity index (χ2v) is 7.77. The Morgan fingerprint density at radius 1 is 1.25 bits per heavy atom. The molecule has 1 unspecified atom stereocenters. The number of aromatic nitrogens is 1. The molecule has 1 amide bonds. The van der Waals surface area contributed by atoms with E-state index in [-0.39, 0.29) is 12.0 Å². The molecule has 4 rings (SSSR count). The van der Waals surface area contributed by atoms with Gasteiger partial charge in [0.25, 0.3) is 5.91 Å². The van der Waals surface area contributed by atoms with Gasteiger partial charge in [-0.3, -0.25) is 4.79 Å². The molecule has 0 aliphatic carbocycles. The van der Waals surface area contributed by atoms with Crippen molar-refractivity contribution >= 4 is 27.5 Å². The van der Waals surface area contributed by atoms with E-state index < -0.39 is 11.7 Å². The number of rotatable bonds is 5. The van der Waals surface area contributed by atoms with Gasteiger partial charge in [0, 0.05) is 19.7 Å². The Labute approximate surface area is 163 Å². The summed E-state index contributed by atoms with van der Waals surface area (Å²) in [7, 11) is 0. The van der Waals surface area contributed by atoms with Crippen LogP contribution in [0.3, 0.4) is 0 Å². The van der Waals surface area contributed by atoms with Crippen LogP contribution in [0.2, 0.25) is 0 Å². The molecular formula is C20H19F3N2O2S. The Balaban J connectivity index is 1.56. The maximum atomic E-state index is 12.8. The van der Waals surface area contributed by atoms with Gasteiger partial charge < -0.3 is 14.6 Å². The van der Waals surface area contributed by atoms with Crippen molar-refractivity contribution in [3.8, 4) is 0 Å². The molecule has 0 saturated carbocycles. The summed E-state index contributed by atoms with van der Waals surface area (Å²) in [5, 5.41) is 4.85. The SMILES string of the molecule is O=C(NCC1CCCO1)c1cc2sccc2n1Cc1ccc(C(F)(F)F)cc1. The van der Waals surface area contributed by atoms with Gasteiger partial charge >= 0.3 is 6.18 Å². The summed E-state index contributed by atoms with van der Waals surface area (Å²) in [5.74, 6) is -0.203. The summed E-state index contributed by atoms with van der Waals surface area (Å²) in [5.41, 5.74) is 1.41. The van der Waals surface area contributed by atoms with Crippen LogP contribution >= 0.6 is 11.3 Å². The highest BCUT2D eigenvalue weighted by Crippen LogP contribution is 2.30. The van der Waals surface area contributed by atoms with Gasteiger partial charge in [0.2, 0.25) is 0 Å². The molecule has 4 nitrogen and oxygen atoms in total. The van der Waals surface area contributed by atoms with E-state index in [2.05, 4.69) is 5.32 Å². The summed E-state index contributed by atoms with van der Waals surface area (Å²) in [4.78, 5) is 12.7. The first-order valence-corrected chi connectivity index (χ1v) is 9.92. The molecule has 3 heterocycles. The Kier molecular flexibility index (Phi) is 5.16. The number of halogens is 3. The zero-order valence-corrected chi connectivity index (χ0v) is 15.8. The van der Waals surface area contributed by atoms with Crippen LogP contribution in [-0.4, -0.2) is 29.7 Å². The fourth-order valence-electron chi connectivity index (χ4n) is 3.42. The van der Waals surface area contributed by atoms with Crippen molar-refractivity contribution in [2.24, 2.45) is 0 Å². The number of hydrogen-bond donors (Lipinski definition) is 1. The van der Waals surface area contributed by atoms with Crippen LogP contribution in [-0.2, 0) is 17.5 Å². The van der Waals surface area contributed by atoms with Crippen LogP contribution < -0.4 is 5.32 Å². The average Bonchev–Trinajstić information content (AvgIpc) is 3.38. The van der Waals surface area contributed by atoms with Gasteiger partial charge in [-0.05, 0) is 48.1 Å². The van der Waals surface area contributed by atoms with Crippen molar-refractivity contribution in [2.75, 3.05) is 13.2 Å². The number of amides is 1. The van der Waals surface area contributed by atoms with Crippen molar-refractivity contribution in [1.29, 1.82) is 0 Å². The van der Waals surface area contributed by atoms with E-state index in [4.69, 9.17) is 4.74 Å². The largest absolute Gasteiger partial charge is 0.416 e. The van der Waals surface area contributed by atoms with Crippen LogP contribution in [0.25, 0.3) is 10.2 Å². The first kappa shape index (κ1) is 19.0. The van der Waals surface area contributed by atoms with E-state index in [0.29, 0.717) is 24.3 Å². The van der Waals surface area contributed by atoms with Crippen LogP contribution in [0.1, 0.15) is 34.5 Å². The van der Waals surface area contributed by atoms with Crippen LogP contribution in [0.15, 0.2) is 41.8 Å². The van der Waals surface area contributed by atoms with E-state index in [1.54, 1.807) is 0 Å². The van der Waals surface area contributed by atoms with E-state index in [9.17, 15) is 18.0 Å². The molecule has 0 spiro atoms. The third kappa shape index (κ3) is 3.93. The lowest BCUT2D eigenvalue weighted by Gasteiger charge is -2.14. The number of carbonyl (C=O) groups is 1. The molecule has 1 aromatic carbocycles. The summed E-state index contributed by atoms with van der Waals surface area (Å²) in [6.45, 7) is 1.50. The van der Waals surface area contributed by atoms with Crippen LogP contribution in [0.5, 0.6) is 0 Å². The van der Waals surface area contributed by atoms with Crippen LogP contribution in [0, 0.1) is 0 Å². The van der Waals surface area contributed by atoms with E-state index in [1.807, 2.05) is 22.1 Å². The van der Waals surface area contributed by atoms with Crippen molar-refractivity contribution < 1.29 is 22.7 Å². The molecule has 1 aliphatic heterocycles. The fourth-order valence-corrected chi connectivity index (χ4v) is 4.24. The molecular weight excluding hydrogens is 389 g/mol. The highest BCUT2D eigenvalue weighted by molar-refractivity contribution is 7.17. The third-order valence-electron chi connectivity index (χ3n) is 4.89. The zero-order valence-electron chi connectivity index (χ0n) is 15.0. The number of nitrogens with zero attached hydrogens (tertiary/aromatic N) is 1. The quantitative estimate of drug-likeness (QED) is 0.666. The molecule has 0 radical (unpaired) electrons. The van der Waals surface area contributed by atoms with Gasteiger partial charge in [0.05, 0.1) is 21.9 Å². The van der Waals surface area contributed by atoms with Gasteiger partial charge in [0.1, 0.15) is 5.69 Å².